The molecule has 0 saturated carbocycles. The fourth-order valence-electron chi connectivity index (χ4n) is 3.93. The monoisotopic (exact) mass is 465 g/mol. The highest BCUT2D eigenvalue weighted by atomic mass is 19.3. The average molecular weight is 465 g/mol. The van der Waals surface area contributed by atoms with Crippen LogP contribution in [0.5, 0.6) is 11.6 Å². The standard InChI is InChI=1S/C24H21F2N5O3/c1-29-12-16-11-18(6-9-20(16)28-29)30-13-15-3-10-22(34-14-21(25)26)27-23(15)31(24(30)32)17-4-7-19(33-2)8-5-17/h3-12,21H,13-14H2,1-2H3. The number of carbonyl (C=O) groups excluding carboxylic acids is 1. The Morgan fingerprint density at radius 3 is 2.56 bits per heavy atom. The van der Waals surface area contributed by atoms with E-state index in [1.165, 1.54) is 11.0 Å². The third-order valence-electron chi connectivity index (χ3n) is 5.49. The maximum atomic E-state index is 13.8. The molecular weight excluding hydrogens is 444 g/mol. The van der Waals surface area contributed by atoms with Crippen molar-refractivity contribution in [2.75, 3.05) is 23.5 Å². The molecule has 0 saturated heterocycles. The minimum absolute atomic E-state index is 0.0237. The van der Waals surface area contributed by atoms with Gasteiger partial charge in [-0.3, -0.25) is 9.58 Å². The number of alkyl halides is 2. The first-order chi connectivity index (χ1) is 16.4. The quantitative estimate of drug-likeness (QED) is 0.405. The van der Waals surface area contributed by atoms with Gasteiger partial charge in [-0.05, 0) is 48.5 Å². The maximum absolute atomic E-state index is 13.8. The second kappa shape index (κ2) is 8.62. The van der Waals surface area contributed by atoms with Gasteiger partial charge in [0.2, 0.25) is 5.88 Å². The molecule has 0 radical (unpaired) electrons. The van der Waals surface area contributed by atoms with Crippen molar-refractivity contribution in [3.8, 4) is 11.6 Å². The van der Waals surface area contributed by atoms with Crippen LogP contribution in [0.2, 0.25) is 0 Å². The minimum atomic E-state index is -2.63. The number of anilines is 3. The largest absolute Gasteiger partial charge is 0.497 e. The van der Waals surface area contributed by atoms with Crippen molar-refractivity contribution in [3.05, 3.63) is 66.4 Å². The summed E-state index contributed by atoms with van der Waals surface area (Å²) < 4.78 is 37.3. The molecule has 0 bridgehead atoms. The van der Waals surface area contributed by atoms with E-state index in [4.69, 9.17) is 9.47 Å². The molecule has 2 aromatic carbocycles. The summed E-state index contributed by atoms with van der Waals surface area (Å²) in [6.45, 7) is -0.520. The molecular formula is C24H21F2N5O3. The summed E-state index contributed by atoms with van der Waals surface area (Å²) in [4.78, 5) is 21.2. The molecule has 0 aliphatic carbocycles. The number of carbonyl (C=O) groups is 1. The Kier molecular flexibility index (Phi) is 5.48. The fraction of sp³-hybridized carbons (Fsp3) is 0.208. The lowest BCUT2D eigenvalue weighted by atomic mass is 10.1. The van der Waals surface area contributed by atoms with Gasteiger partial charge in [-0.15, -0.1) is 0 Å². The molecule has 0 unspecified atom stereocenters. The number of rotatable bonds is 6. The molecule has 10 heteroatoms. The second-order valence-corrected chi connectivity index (χ2v) is 7.78. The van der Waals surface area contributed by atoms with E-state index in [0.29, 0.717) is 22.9 Å². The lowest BCUT2D eigenvalue weighted by Crippen LogP contribution is -2.45. The summed E-state index contributed by atoms with van der Waals surface area (Å²) in [7, 11) is 3.40. The van der Waals surface area contributed by atoms with Crippen LogP contribution in [0, 0.1) is 0 Å². The topological polar surface area (TPSA) is 72.7 Å². The summed E-state index contributed by atoms with van der Waals surface area (Å²) in [6.07, 6.45) is -0.744. The van der Waals surface area contributed by atoms with E-state index in [1.54, 1.807) is 47.0 Å². The molecule has 8 nitrogen and oxygen atoms in total. The first-order valence-electron chi connectivity index (χ1n) is 10.5. The number of nitrogens with zero attached hydrogens (tertiary/aromatic N) is 5. The van der Waals surface area contributed by atoms with E-state index in [2.05, 4.69) is 10.1 Å². The van der Waals surface area contributed by atoms with Crippen LogP contribution >= 0.6 is 0 Å². The fourth-order valence-corrected chi connectivity index (χ4v) is 3.93. The minimum Gasteiger partial charge on any atom is -0.497 e. The highest BCUT2D eigenvalue weighted by molar-refractivity contribution is 6.10. The van der Waals surface area contributed by atoms with E-state index in [-0.39, 0.29) is 18.5 Å². The predicted octanol–water partition coefficient (Wildman–Crippen LogP) is 4.90. The van der Waals surface area contributed by atoms with Crippen molar-refractivity contribution < 1.29 is 23.0 Å². The van der Waals surface area contributed by atoms with Gasteiger partial charge in [0.25, 0.3) is 6.43 Å². The van der Waals surface area contributed by atoms with Crippen LogP contribution in [-0.2, 0) is 13.6 Å². The molecule has 0 N–H and O–H groups in total. The van der Waals surface area contributed by atoms with Gasteiger partial charge in [0.05, 0.1) is 24.9 Å². The van der Waals surface area contributed by atoms with Gasteiger partial charge >= 0.3 is 6.03 Å². The molecule has 2 aromatic heterocycles. The van der Waals surface area contributed by atoms with Crippen LogP contribution in [0.3, 0.4) is 0 Å². The van der Waals surface area contributed by atoms with Crippen molar-refractivity contribution in [2.24, 2.45) is 7.05 Å². The van der Waals surface area contributed by atoms with Crippen molar-refractivity contribution >= 4 is 34.1 Å². The van der Waals surface area contributed by atoms with Gasteiger partial charge in [-0.2, -0.15) is 10.1 Å². The third-order valence-corrected chi connectivity index (χ3v) is 5.49. The summed E-state index contributed by atoms with van der Waals surface area (Å²) in [5, 5.41) is 5.29. The molecule has 0 fully saturated rings. The molecule has 1 aliphatic rings. The number of benzene rings is 2. The van der Waals surface area contributed by atoms with Crippen LogP contribution in [0.15, 0.2) is 60.8 Å². The van der Waals surface area contributed by atoms with Crippen LogP contribution in [0.25, 0.3) is 10.9 Å². The lowest BCUT2D eigenvalue weighted by Gasteiger charge is -2.36. The maximum Gasteiger partial charge on any atom is 0.335 e. The van der Waals surface area contributed by atoms with Crippen molar-refractivity contribution in [2.45, 2.75) is 13.0 Å². The predicted molar refractivity (Wildman–Crippen MR) is 123 cm³/mol. The van der Waals surface area contributed by atoms with Crippen LogP contribution in [-0.4, -0.2) is 40.9 Å². The zero-order chi connectivity index (χ0) is 23.8. The number of halogens is 2. The van der Waals surface area contributed by atoms with Gasteiger partial charge in [0.1, 0.15) is 11.6 Å². The van der Waals surface area contributed by atoms with Crippen molar-refractivity contribution in [3.63, 3.8) is 0 Å². The molecule has 174 valence electrons. The van der Waals surface area contributed by atoms with Gasteiger partial charge in [-0.25, -0.2) is 18.5 Å². The zero-order valence-corrected chi connectivity index (χ0v) is 18.5. The van der Waals surface area contributed by atoms with Crippen LogP contribution < -0.4 is 19.3 Å². The summed E-state index contributed by atoms with van der Waals surface area (Å²) in [5.74, 6) is 0.991. The molecule has 0 atom stereocenters. The molecule has 1 aliphatic heterocycles. The molecule has 0 spiro atoms. The number of fused-ring (bicyclic) bond motifs is 2. The summed E-state index contributed by atoms with van der Waals surface area (Å²) in [5.41, 5.74) is 2.82. The Labute approximate surface area is 193 Å². The van der Waals surface area contributed by atoms with Crippen molar-refractivity contribution in [1.82, 2.24) is 14.8 Å². The number of ether oxygens (including phenoxy) is 2. The molecule has 34 heavy (non-hydrogen) atoms. The number of hydrogen-bond acceptors (Lipinski definition) is 5. The van der Waals surface area contributed by atoms with E-state index in [0.717, 1.165) is 16.5 Å². The summed E-state index contributed by atoms with van der Waals surface area (Å²) in [6, 6.07) is 15.5. The number of pyridine rings is 1. The third kappa shape index (κ3) is 3.98. The first-order valence-corrected chi connectivity index (χ1v) is 10.5. The number of urea groups is 1. The number of hydrogen-bond donors (Lipinski definition) is 0. The van der Waals surface area contributed by atoms with Crippen LogP contribution in [0.1, 0.15) is 5.56 Å². The lowest BCUT2D eigenvalue weighted by molar-refractivity contribution is 0.0796. The van der Waals surface area contributed by atoms with E-state index in [9.17, 15) is 13.6 Å². The van der Waals surface area contributed by atoms with Crippen molar-refractivity contribution in [1.29, 1.82) is 0 Å². The normalized spacial score (nSPS) is 13.5. The number of aromatic nitrogens is 3. The first kappa shape index (κ1) is 21.6. The second-order valence-electron chi connectivity index (χ2n) is 7.78. The SMILES string of the molecule is COc1ccc(N2C(=O)N(c3ccc4nn(C)cc4c3)Cc3ccc(OCC(F)F)nc32)cc1. The molecule has 5 rings (SSSR count). The number of aryl methyl sites for hydroxylation is 1. The van der Waals surface area contributed by atoms with Gasteiger partial charge < -0.3 is 9.47 Å². The highest BCUT2D eigenvalue weighted by Gasteiger charge is 2.34. The van der Waals surface area contributed by atoms with Gasteiger partial charge in [0.15, 0.2) is 6.61 Å². The van der Waals surface area contributed by atoms with E-state index in [1.807, 2.05) is 31.4 Å². The Morgan fingerprint density at radius 1 is 1.06 bits per heavy atom. The van der Waals surface area contributed by atoms with Gasteiger partial charge in [-0.1, -0.05) is 0 Å². The highest BCUT2D eigenvalue weighted by Crippen LogP contribution is 2.38. The molecule has 4 aromatic rings. The van der Waals surface area contributed by atoms with Crippen LogP contribution in [0.4, 0.5) is 30.8 Å². The average Bonchev–Trinajstić information content (AvgIpc) is 3.21. The molecule has 3 heterocycles. The zero-order valence-electron chi connectivity index (χ0n) is 18.5. The Hall–Kier alpha value is -4.21. The number of amides is 2. The Balaban J connectivity index is 1.58. The Morgan fingerprint density at radius 2 is 1.82 bits per heavy atom. The smallest absolute Gasteiger partial charge is 0.335 e. The van der Waals surface area contributed by atoms with E-state index >= 15 is 0 Å². The van der Waals surface area contributed by atoms with E-state index < -0.39 is 13.0 Å². The van der Waals surface area contributed by atoms with Gasteiger partial charge in [0, 0.05) is 35.9 Å². The summed E-state index contributed by atoms with van der Waals surface area (Å²) >= 11 is 0. The Bertz CT molecular complexity index is 1360. The molecule has 2 amide bonds. The number of methoxy groups -OCH3 is 1.